The van der Waals surface area contributed by atoms with Gasteiger partial charge in [-0.15, -0.1) is 0 Å². The van der Waals surface area contributed by atoms with Crippen LogP contribution in [0.25, 0.3) is 0 Å². The van der Waals surface area contributed by atoms with Gasteiger partial charge in [0.25, 0.3) is 0 Å². The number of pyridine rings is 1. The van der Waals surface area contributed by atoms with Crippen molar-refractivity contribution in [1.82, 2.24) is 20.1 Å². The van der Waals surface area contributed by atoms with Gasteiger partial charge in [-0.2, -0.15) is 0 Å². The van der Waals surface area contributed by atoms with Crippen LogP contribution in [0.1, 0.15) is 5.56 Å². The van der Waals surface area contributed by atoms with E-state index in [-0.39, 0.29) is 0 Å². The van der Waals surface area contributed by atoms with Gasteiger partial charge in [0.1, 0.15) is 0 Å². The van der Waals surface area contributed by atoms with Crippen LogP contribution in [0.4, 0.5) is 0 Å². The number of hydrogen-bond donors (Lipinski definition) is 1. The smallest absolute Gasteiger partial charge is 0.0504 e. The number of hydrogen-bond acceptors (Lipinski definition) is 4. The first-order valence-electron chi connectivity index (χ1n) is 6.35. The van der Waals surface area contributed by atoms with Gasteiger partial charge in [0, 0.05) is 45.1 Å². The standard InChI is InChI=1S/C13H22N4/c1-16(12-17-9-6-14-7-10-17)8-4-13-3-2-5-15-11-13/h2-3,5,11,14H,4,6-10,12H2,1H3. The van der Waals surface area contributed by atoms with Crippen LogP contribution in [-0.2, 0) is 6.42 Å². The molecular weight excluding hydrogens is 212 g/mol. The molecule has 1 aromatic heterocycles. The molecule has 4 heteroatoms. The minimum absolute atomic E-state index is 1.07. The second-order valence-corrected chi connectivity index (χ2v) is 4.70. The topological polar surface area (TPSA) is 31.4 Å². The Hall–Kier alpha value is -0.970. The highest BCUT2D eigenvalue weighted by Gasteiger charge is 2.11. The first kappa shape index (κ1) is 12.5. The van der Waals surface area contributed by atoms with Crippen LogP contribution in [0.2, 0.25) is 0 Å². The van der Waals surface area contributed by atoms with Crippen molar-refractivity contribution in [2.75, 3.05) is 46.4 Å². The average molecular weight is 234 g/mol. The molecule has 1 aliphatic heterocycles. The van der Waals surface area contributed by atoms with Crippen molar-refractivity contribution in [2.45, 2.75) is 6.42 Å². The van der Waals surface area contributed by atoms with Crippen molar-refractivity contribution in [3.8, 4) is 0 Å². The maximum absolute atomic E-state index is 4.14. The molecule has 4 nitrogen and oxygen atoms in total. The summed E-state index contributed by atoms with van der Waals surface area (Å²) < 4.78 is 0. The van der Waals surface area contributed by atoms with Gasteiger partial charge in [0.2, 0.25) is 0 Å². The van der Waals surface area contributed by atoms with Crippen molar-refractivity contribution < 1.29 is 0 Å². The quantitative estimate of drug-likeness (QED) is 0.800. The minimum Gasteiger partial charge on any atom is -0.314 e. The lowest BCUT2D eigenvalue weighted by Crippen LogP contribution is -2.47. The Morgan fingerprint density at radius 1 is 1.41 bits per heavy atom. The molecule has 0 amide bonds. The molecule has 1 N–H and O–H groups in total. The number of piperazine rings is 1. The fourth-order valence-corrected chi connectivity index (χ4v) is 2.13. The fourth-order valence-electron chi connectivity index (χ4n) is 2.13. The molecule has 0 aromatic carbocycles. The van der Waals surface area contributed by atoms with E-state index in [0.717, 1.165) is 45.8 Å². The van der Waals surface area contributed by atoms with Crippen molar-refractivity contribution in [3.05, 3.63) is 30.1 Å². The largest absolute Gasteiger partial charge is 0.314 e. The van der Waals surface area contributed by atoms with Gasteiger partial charge in [-0.3, -0.25) is 14.8 Å². The molecule has 0 radical (unpaired) electrons. The Morgan fingerprint density at radius 3 is 2.94 bits per heavy atom. The highest BCUT2D eigenvalue weighted by atomic mass is 15.3. The molecule has 0 spiro atoms. The molecule has 2 heterocycles. The van der Waals surface area contributed by atoms with Gasteiger partial charge in [-0.25, -0.2) is 0 Å². The van der Waals surface area contributed by atoms with Gasteiger partial charge in [0.15, 0.2) is 0 Å². The van der Waals surface area contributed by atoms with E-state index >= 15 is 0 Å². The van der Waals surface area contributed by atoms with Crippen molar-refractivity contribution in [2.24, 2.45) is 0 Å². The zero-order valence-corrected chi connectivity index (χ0v) is 10.6. The molecule has 94 valence electrons. The summed E-state index contributed by atoms with van der Waals surface area (Å²) in [7, 11) is 2.19. The molecule has 0 atom stereocenters. The predicted molar refractivity (Wildman–Crippen MR) is 69.9 cm³/mol. The predicted octanol–water partition coefficient (Wildman–Crippen LogP) is 0.419. The van der Waals surface area contributed by atoms with Gasteiger partial charge in [-0.1, -0.05) is 6.07 Å². The second-order valence-electron chi connectivity index (χ2n) is 4.70. The van der Waals surface area contributed by atoms with E-state index in [1.165, 1.54) is 5.56 Å². The summed E-state index contributed by atoms with van der Waals surface area (Å²) in [5.74, 6) is 0. The molecule has 2 rings (SSSR count). The summed E-state index contributed by atoms with van der Waals surface area (Å²) in [4.78, 5) is 9.03. The van der Waals surface area contributed by atoms with Gasteiger partial charge in [-0.05, 0) is 25.1 Å². The third kappa shape index (κ3) is 4.42. The highest BCUT2D eigenvalue weighted by Crippen LogP contribution is 2.00. The summed E-state index contributed by atoms with van der Waals surface area (Å²) in [5.41, 5.74) is 1.32. The van der Waals surface area contributed by atoms with E-state index in [9.17, 15) is 0 Å². The van der Waals surface area contributed by atoms with Crippen molar-refractivity contribution in [1.29, 1.82) is 0 Å². The Morgan fingerprint density at radius 2 is 2.24 bits per heavy atom. The lowest BCUT2D eigenvalue weighted by molar-refractivity contribution is 0.140. The zero-order valence-electron chi connectivity index (χ0n) is 10.6. The van der Waals surface area contributed by atoms with Gasteiger partial charge in [0.05, 0.1) is 6.67 Å². The van der Waals surface area contributed by atoms with Crippen LogP contribution in [-0.4, -0.2) is 61.2 Å². The lowest BCUT2D eigenvalue weighted by atomic mass is 10.2. The van der Waals surface area contributed by atoms with Crippen molar-refractivity contribution in [3.63, 3.8) is 0 Å². The lowest BCUT2D eigenvalue weighted by Gasteiger charge is -2.31. The van der Waals surface area contributed by atoms with Crippen LogP contribution in [0.5, 0.6) is 0 Å². The second kappa shape index (κ2) is 6.69. The summed E-state index contributed by atoms with van der Waals surface area (Å²) in [6, 6.07) is 4.15. The maximum Gasteiger partial charge on any atom is 0.0504 e. The van der Waals surface area contributed by atoms with Crippen LogP contribution in [0.3, 0.4) is 0 Å². The third-order valence-electron chi connectivity index (χ3n) is 3.16. The molecule has 0 saturated carbocycles. The first-order chi connectivity index (χ1) is 8.34. The van der Waals surface area contributed by atoms with E-state index in [1.807, 2.05) is 18.5 Å². The zero-order chi connectivity index (χ0) is 11.9. The third-order valence-corrected chi connectivity index (χ3v) is 3.16. The van der Waals surface area contributed by atoms with Crippen LogP contribution in [0.15, 0.2) is 24.5 Å². The number of nitrogens with one attached hydrogen (secondary N) is 1. The van der Waals surface area contributed by atoms with Crippen LogP contribution in [0, 0.1) is 0 Å². The molecule has 1 aromatic rings. The number of nitrogens with zero attached hydrogens (tertiary/aromatic N) is 3. The number of aromatic nitrogens is 1. The number of likely N-dealkylation sites (N-methyl/N-ethyl adjacent to an activating group) is 1. The SMILES string of the molecule is CN(CCc1cccnc1)CN1CCNCC1. The maximum atomic E-state index is 4.14. The first-order valence-corrected chi connectivity index (χ1v) is 6.35. The fraction of sp³-hybridized carbons (Fsp3) is 0.615. The minimum atomic E-state index is 1.07. The Kier molecular flexibility index (Phi) is 4.91. The van der Waals surface area contributed by atoms with E-state index in [1.54, 1.807) is 0 Å². The van der Waals surface area contributed by atoms with E-state index in [0.29, 0.717) is 0 Å². The molecule has 0 bridgehead atoms. The Labute approximate surface area is 104 Å². The highest BCUT2D eigenvalue weighted by molar-refractivity contribution is 5.08. The molecular formula is C13H22N4. The van der Waals surface area contributed by atoms with Gasteiger partial charge >= 0.3 is 0 Å². The van der Waals surface area contributed by atoms with Gasteiger partial charge < -0.3 is 5.32 Å². The summed E-state index contributed by atoms with van der Waals surface area (Å²) in [5, 5.41) is 3.38. The van der Waals surface area contributed by atoms with Crippen LogP contribution >= 0.6 is 0 Å². The Balaban J connectivity index is 1.68. The molecule has 17 heavy (non-hydrogen) atoms. The summed E-state index contributed by atoms with van der Waals surface area (Å²) >= 11 is 0. The summed E-state index contributed by atoms with van der Waals surface area (Å²) in [6.07, 6.45) is 4.86. The molecule has 1 saturated heterocycles. The Bertz CT molecular complexity index is 308. The molecule has 0 unspecified atom stereocenters. The van der Waals surface area contributed by atoms with Crippen LogP contribution < -0.4 is 5.32 Å². The average Bonchev–Trinajstić information content (AvgIpc) is 2.39. The van der Waals surface area contributed by atoms with E-state index < -0.39 is 0 Å². The van der Waals surface area contributed by atoms with E-state index in [2.05, 4.69) is 33.2 Å². The molecule has 1 aliphatic rings. The normalized spacial score (nSPS) is 17.5. The summed E-state index contributed by atoms with van der Waals surface area (Å²) in [6.45, 7) is 6.74. The van der Waals surface area contributed by atoms with E-state index in [4.69, 9.17) is 0 Å². The van der Waals surface area contributed by atoms with Crippen molar-refractivity contribution >= 4 is 0 Å². The monoisotopic (exact) mass is 234 g/mol. The molecule has 1 fully saturated rings. The number of rotatable bonds is 5. The molecule has 0 aliphatic carbocycles.